The lowest BCUT2D eigenvalue weighted by molar-refractivity contribution is 0.0730. The molecular formula is C21H22N2O3. The first-order valence-electron chi connectivity index (χ1n) is 9.02. The third kappa shape index (κ3) is 3.17. The Labute approximate surface area is 152 Å². The maximum absolute atomic E-state index is 12.8. The molecule has 2 aromatic rings. The van der Waals surface area contributed by atoms with E-state index in [2.05, 4.69) is 17.1 Å². The van der Waals surface area contributed by atoms with Crippen LogP contribution in [-0.4, -0.2) is 34.5 Å². The number of hydrogen-bond donors (Lipinski definition) is 1. The summed E-state index contributed by atoms with van der Waals surface area (Å²) in [6.45, 7) is 3.07. The number of para-hydroxylation sites is 1. The van der Waals surface area contributed by atoms with E-state index in [1.165, 1.54) is 6.07 Å². The van der Waals surface area contributed by atoms with Gasteiger partial charge in [-0.05, 0) is 38.0 Å². The minimum absolute atomic E-state index is 0.0866. The SMILES string of the molecule is Cc1cc(C(=O)N2CCC[C@]3(C=Cc4ccccc4O3)CC2)cc(=O)[nH]1. The van der Waals surface area contributed by atoms with Gasteiger partial charge in [0.25, 0.3) is 5.91 Å². The van der Waals surface area contributed by atoms with Crippen molar-refractivity contribution in [3.63, 3.8) is 0 Å². The van der Waals surface area contributed by atoms with E-state index in [1.807, 2.05) is 29.2 Å². The van der Waals surface area contributed by atoms with Crippen LogP contribution in [0, 0.1) is 6.92 Å². The quantitative estimate of drug-likeness (QED) is 0.859. The zero-order valence-electron chi connectivity index (χ0n) is 14.8. The molecule has 2 aliphatic rings. The molecule has 0 bridgehead atoms. The van der Waals surface area contributed by atoms with E-state index in [9.17, 15) is 9.59 Å². The summed E-state index contributed by atoms with van der Waals surface area (Å²) in [6.07, 6.45) is 6.74. The number of ether oxygens (including phenoxy) is 1. The van der Waals surface area contributed by atoms with Crippen molar-refractivity contribution in [1.82, 2.24) is 9.88 Å². The van der Waals surface area contributed by atoms with Crippen LogP contribution in [0.4, 0.5) is 0 Å². The van der Waals surface area contributed by atoms with E-state index in [4.69, 9.17) is 4.74 Å². The van der Waals surface area contributed by atoms with Gasteiger partial charge in [-0.25, -0.2) is 0 Å². The van der Waals surface area contributed by atoms with Crippen molar-refractivity contribution in [2.24, 2.45) is 0 Å². The molecule has 4 rings (SSSR count). The van der Waals surface area contributed by atoms with Crippen LogP contribution in [-0.2, 0) is 0 Å². The van der Waals surface area contributed by atoms with Gasteiger partial charge in [0.05, 0.1) is 0 Å². The number of pyridine rings is 1. The Kier molecular flexibility index (Phi) is 4.15. The summed E-state index contributed by atoms with van der Waals surface area (Å²) in [7, 11) is 0. The van der Waals surface area contributed by atoms with Gasteiger partial charge in [0.15, 0.2) is 0 Å². The van der Waals surface area contributed by atoms with Gasteiger partial charge < -0.3 is 14.6 Å². The molecule has 1 N–H and O–H groups in total. The van der Waals surface area contributed by atoms with Crippen LogP contribution < -0.4 is 10.3 Å². The molecule has 1 saturated heterocycles. The van der Waals surface area contributed by atoms with Crippen molar-refractivity contribution in [2.75, 3.05) is 13.1 Å². The number of benzene rings is 1. The minimum atomic E-state index is -0.354. The van der Waals surface area contributed by atoms with Crippen LogP contribution >= 0.6 is 0 Å². The highest BCUT2D eigenvalue weighted by Crippen LogP contribution is 2.37. The molecule has 5 nitrogen and oxygen atoms in total. The van der Waals surface area contributed by atoms with Crippen molar-refractivity contribution < 1.29 is 9.53 Å². The third-order valence-electron chi connectivity index (χ3n) is 5.14. The first kappa shape index (κ1) is 16.6. The largest absolute Gasteiger partial charge is 0.483 e. The fraction of sp³-hybridized carbons (Fsp3) is 0.333. The predicted molar refractivity (Wildman–Crippen MR) is 100 cm³/mol. The number of aromatic nitrogens is 1. The number of hydrogen-bond acceptors (Lipinski definition) is 3. The van der Waals surface area contributed by atoms with Crippen LogP contribution in [0.15, 0.2) is 47.3 Å². The average molecular weight is 350 g/mol. The monoisotopic (exact) mass is 350 g/mol. The number of fused-ring (bicyclic) bond motifs is 1. The normalized spacial score (nSPS) is 21.8. The summed E-state index contributed by atoms with van der Waals surface area (Å²) < 4.78 is 6.33. The number of carbonyl (C=O) groups excluding carboxylic acids is 1. The highest BCUT2D eigenvalue weighted by atomic mass is 16.5. The Morgan fingerprint density at radius 1 is 1.19 bits per heavy atom. The first-order chi connectivity index (χ1) is 12.5. The Balaban J connectivity index is 1.52. The number of nitrogens with zero attached hydrogens (tertiary/aromatic N) is 1. The van der Waals surface area contributed by atoms with Crippen molar-refractivity contribution in [2.45, 2.75) is 31.8 Å². The molecule has 0 saturated carbocycles. The number of rotatable bonds is 1. The standard InChI is InChI=1S/C21H22N2O3/c1-15-13-17(14-19(24)22-15)20(25)23-11-4-8-21(10-12-23)9-7-16-5-2-3-6-18(16)26-21/h2-3,5-7,9,13-14H,4,8,10-12H2,1H3,(H,22,24)/t21-/m0/s1. The topological polar surface area (TPSA) is 62.4 Å². The van der Waals surface area contributed by atoms with Gasteiger partial charge in [-0.3, -0.25) is 9.59 Å². The maximum atomic E-state index is 12.8. The third-order valence-corrected chi connectivity index (χ3v) is 5.14. The van der Waals surface area contributed by atoms with Gasteiger partial charge in [-0.2, -0.15) is 0 Å². The molecule has 3 heterocycles. The van der Waals surface area contributed by atoms with Gasteiger partial charge >= 0.3 is 0 Å². The summed E-state index contributed by atoms with van der Waals surface area (Å²) in [5, 5.41) is 0. The molecule has 2 aliphatic heterocycles. The molecule has 1 spiro atoms. The lowest BCUT2D eigenvalue weighted by Crippen LogP contribution is -2.38. The summed E-state index contributed by atoms with van der Waals surface area (Å²) in [5.41, 5.74) is 1.65. The Bertz CT molecular complexity index is 931. The molecule has 0 radical (unpaired) electrons. The number of nitrogens with one attached hydrogen (secondary N) is 1. The van der Waals surface area contributed by atoms with E-state index >= 15 is 0 Å². The maximum Gasteiger partial charge on any atom is 0.254 e. The lowest BCUT2D eigenvalue weighted by atomic mass is 9.91. The number of amides is 1. The molecular weight excluding hydrogens is 328 g/mol. The van der Waals surface area contributed by atoms with Crippen LogP contribution in [0.2, 0.25) is 0 Å². The van der Waals surface area contributed by atoms with Gasteiger partial charge in [-0.1, -0.05) is 24.3 Å². The van der Waals surface area contributed by atoms with Crippen molar-refractivity contribution in [3.05, 3.63) is 69.6 Å². The first-order valence-corrected chi connectivity index (χ1v) is 9.02. The van der Waals surface area contributed by atoms with Gasteiger partial charge in [0.2, 0.25) is 5.56 Å². The Morgan fingerprint density at radius 3 is 2.88 bits per heavy atom. The fourth-order valence-corrected chi connectivity index (χ4v) is 3.80. The number of aromatic amines is 1. The van der Waals surface area contributed by atoms with Crippen molar-refractivity contribution in [1.29, 1.82) is 0 Å². The number of aryl methyl sites for hydroxylation is 1. The van der Waals surface area contributed by atoms with Crippen LogP contribution in [0.25, 0.3) is 6.08 Å². The molecule has 1 atom stereocenters. The zero-order chi connectivity index (χ0) is 18.1. The molecule has 5 heteroatoms. The molecule has 1 fully saturated rings. The summed E-state index contributed by atoms with van der Waals surface area (Å²) in [6, 6.07) is 11.1. The van der Waals surface area contributed by atoms with Crippen molar-refractivity contribution >= 4 is 12.0 Å². The molecule has 1 aromatic carbocycles. The van der Waals surface area contributed by atoms with Gasteiger partial charge in [-0.15, -0.1) is 0 Å². The van der Waals surface area contributed by atoms with E-state index < -0.39 is 0 Å². The summed E-state index contributed by atoms with van der Waals surface area (Å²) in [5.74, 6) is 0.816. The molecule has 1 aromatic heterocycles. The van der Waals surface area contributed by atoms with Gasteiger partial charge in [0.1, 0.15) is 11.4 Å². The molecule has 0 aliphatic carbocycles. The lowest BCUT2D eigenvalue weighted by Gasteiger charge is -2.34. The number of carbonyl (C=O) groups is 1. The number of likely N-dealkylation sites (tertiary alicyclic amines) is 1. The second-order valence-electron chi connectivity index (χ2n) is 7.10. The summed E-state index contributed by atoms with van der Waals surface area (Å²) in [4.78, 5) is 29.0. The Morgan fingerprint density at radius 2 is 2.04 bits per heavy atom. The second kappa shape index (κ2) is 6.48. The predicted octanol–water partition coefficient (Wildman–Crippen LogP) is 3.15. The van der Waals surface area contributed by atoms with Crippen LogP contribution in [0.3, 0.4) is 0 Å². The van der Waals surface area contributed by atoms with E-state index in [0.717, 1.165) is 30.6 Å². The second-order valence-corrected chi connectivity index (χ2v) is 7.10. The molecule has 1 amide bonds. The molecule has 0 unspecified atom stereocenters. The fourth-order valence-electron chi connectivity index (χ4n) is 3.80. The average Bonchev–Trinajstić information content (AvgIpc) is 2.83. The van der Waals surface area contributed by atoms with Gasteiger partial charge in [0, 0.05) is 42.4 Å². The Hall–Kier alpha value is -2.82. The summed E-state index contributed by atoms with van der Waals surface area (Å²) >= 11 is 0. The van der Waals surface area contributed by atoms with E-state index in [-0.39, 0.29) is 17.1 Å². The van der Waals surface area contributed by atoms with Crippen LogP contribution in [0.1, 0.15) is 40.9 Å². The molecule has 134 valence electrons. The van der Waals surface area contributed by atoms with E-state index in [0.29, 0.717) is 24.3 Å². The van der Waals surface area contributed by atoms with Crippen LogP contribution in [0.5, 0.6) is 5.75 Å². The highest BCUT2D eigenvalue weighted by Gasteiger charge is 2.35. The zero-order valence-corrected chi connectivity index (χ0v) is 14.8. The molecule has 26 heavy (non-hydrogen) atoms. The minimum Gasteiger partial charge on any atom is -0.483 e. The smallest absolute Gasteiger partial charge is 0.254 e. The highest BCUT2D eigenvalue weighted by molar-refractivity contribution is 5.94. The van der Waals surface area contributed by atoms with E-state index in [1.54, 1.807) is 13.0 Å². The van der Waals surface area contributed by atoms with Crippen molar-refractivity contribution in [3.8, 4) is 5.75 Å². The number of H-pyrrole nitrogens is 1.